The van der Waals surface area contributed by atoms with Crippen molar-refractivity contribution in [3.8, 4) is 0 Å². The van der Waals surface area contributed by atoms with Gasteiger partial charge in [-0.3, -0.25) is 4.98 Å². The van der Waals surface area contributed by atoms with Crippen LogP contribution in [0.1, 0.15) is 37.4 Å². The highest BCUT2D eigenvalue weighted by molar-refractivity contribution is 5.78. The Morgan fingerprint density at radius 2 is 2.32 bits per heavy atom. The normalized spacial score (nSPS) is 20.8. The molecule has 0 amide bonds. The molecule has 0 saturated carbocycles. The standard InChI is InChI=1S/C16H19NO2/c18-16(8-7-14-4-2-10-19-14)13-6-5-12-3-1-9-17-15(12)11-13/h1,3,5-6,9,11,14,16,18H,2,4,7-8,10H2. The zero-order valence-corrected chi connectivity index (χ0v) is 11.0. The largest absolute Gasteiger partial charge is 0.388 e. The fourth-order valence-electron chi connectivity index (χ4n) is 2.67. The average Bonchev–Trinajstić information content (AvgIpc) is 2.97. The lowest BCUT2D eigenvalue weighted by Crippen LogP contribution is -2.08. The van der Waals surface area contributed by atoms with E-state index in [2.05, 4.69) is 4.98 Å². The van der Waals surface area contributed by atoms with E-state index in [1.54, 1.807) is 6.20 Å². The maximum Gasteiger partial charge on any atom is 0.0791 e. The van der Waals surface area contributed by atoms with Gasteiger partial charge in [-0.05, 0) is 43.4 Å². The smallest absolute Gasteiger partial charge is 0.0791 e. The number of fused-ring (bicyclic) bond motifs is 1. The molecule has 0 radical (unpaired) electrons. The minimum Gasteiger partial charge on any atom is -0.388 e. The first kappa shape index (κ1) is 12.6. The van der Waals surface area contributed by atoms with Crippen molar-refractivity contribution in [3.05, 3.63) is 42.1 Å². The Morgan fingerprint density at radius 1 is 1.37 bits per heavy atom. The summed E-state index contributed by atoms with van der Waals surface area (Å²) in [5.74, 6) is 0. The molecule has 100 valence electrons. The summed E-state index contributed by atoms with van der Waals surface area (Å²) in [6, 6.07) is 9.95. The molecular weight excluding hydrogens is 238 g/mol. The molecule has 1 aliphatic heterocycles. The molecule has 1 fully saturated rings. The van der Waals surface area contributed by atoms with Crippen LogP contribution in [0.2, 0.25) is 0 Å². The molecule has 2 unspecified atom stereocenters. The second-order valence-electron chi connectivity index (χ2n) is 5.18. The minimum atomic E-state index is -0.421. The van der Waals surface area contributed by atoms with Gasteiger partial charge in [0.05, 0.1) is 17.7 Å². The SMILES string of the molecule is OC(CCC1CCCO1)c1ccc2cccnc2c1. The van der Waals surface area contributed by atoms with Crippen LogP contribution in [0.3, 0.4) is 0 Å². The molecule has 19 heavy (non-hydrogen) atoms. The van der Waals surface area contributed by atoms with E-state index in [-0.39, 0.29) is 0 Å². The second-order valence-corrected chi connectivity index (χ2v) is 5.18. The number of rotatable bonds is 4. The van der Waals surface area contributed by atoms with Gasteiger partial charge in [-0.2, -0.15) is 0 Å². The molecule has 1 aliphatic rings. The Kier molecular flexibility index (Phi) is 3.76. The van der Waals surface area contributed by atoms with E-state index in [1.807, 2.05) is 30.3 Å². The highest BCUT2D eigenvalue weighted by Crippen LogP contribution is 2.25. The third-order valence-corrected chi connectivity index (χ3v) is 3.80. The Morgan fingerprint density at radius 3 is 3.16 bits per heavy atom. The van der Waals surface area contributed by atoms with Crippen LogP contribution in [0.25, 0.3) is 10.9 Å². The Hall–Kier alpha value is -1.45. The number of nitrogens with zero attached hydrogens (tertiary/aromatic N) is 1. The van der Waals surface area contributed by atoms with E-state index in [9.17, 15) is 5.11 Å². The fraction of sp³-hybridized carbons (Fsp3) is 0.438. The summed E-state index contributed by atoms with van der Waals surface area (Å²) in [5, 5.41) is 11.4. The first-order valence-electron chi connectivity index (χ1n) is 6.97. The van der Waals surface area contributed by atoms with Crippen LogP contribution in [0.4, 0.5) is 0 Å². The van der Waals surface area contributed by atoms with Crippen molar-refractivity contribution in [3.63, 3.8) is 0 Å². The molecule has 1 aromatic heterocycles. The molecule has 3 heteroatoms. The van der Waals surface area contributed by atoms with Crippen molar-refractivity contribution in [2.75, 3.05) is 6.61 Å². The zero-order valence-electron chi connectivity index (χ0n) is 11.0. The number of ether oxygens (including phenoxy) is 1. The van der Waals surface area contributed by atoms with Crippen LogP contribution >= 0.6 is 0 Å². The van der Waals surface area contributed by atoms with Crippen LogP contribution in [-0.2, 0) is 4.74 Å². The lowest BCUT2D eigenvalue weighted by atomic mass is 10.0. The number of aliphatic hydroxyl groups excluding tert-OH is 1. The Bertz CT molecular complexity index is 549. The molecular formula is C16H19NO2. The van der Waals surface area contributed by atoms with E-state index >= 15 is 0 Å². The van der Waals surface area contributed by atoms with Crippen molar-refractivity contribution in [2.45, 2.75) is 37.9 Å². The summed E-state index contributed by atoms with van der Waals surface area (Å²) in [7, 11) is 0. The summed E-state index contributed by atoms with van der Waals surface area (Å²) >= 11 is 0. The predicted octanol–water partition coefficient (Wildman–Crippen LogP) is 3.23. The maximum atomic E-state index is 10.3. The first-order chi connectivity index (χ1) is 9.33. The van der Waals surface area contributed by atoms with Crippen LogP contribution in [0.15, 0.2) is 36.5 Å². The summed E-state index contributed by atoms with van der Waals surface area (Å²) in [5.41, 5.74) is 1.89. The van der Waals surface area contributed by atoms with Gasteiger partial charge in [0.25, 0.3) is 0 Å². The highest BCUT2D eigenvalue weighted by Gasteiger charge is 2.17. The number of benzene rings is 1. The number of pyridine rings is 1. The van der Waals surface area contributed by atoms with Crippen LogP contribution in [-0.4, -0.2) is 22.8 Å². The molecule has 3 rings (SSSR count). The van der Waals surface area contributed by atoms with E-state index < -0.39 is 6.10 Å². The van der Waals surface area contributed by atoms with Crippen molar-refractivity contribution in [1.82, 2.24) is 4.98 Å². The monoisotopic (exact) mass is 257 g/mol. The van der Waals surface area contributed by atoms with E-state index in [0.29, 0.717) is 6.10 Å². The van der Waals surface area contributed by atoms with Gasteiger partial charge in [-0.15, -0.1) is 0 Å². The number of hydrogen-bond acceptors (Lipinski definition) is 3. The summed E-state index contributed by atoms with van der Waals surface area (Å²) in [6.45, 7) is 0.876. The third-order valence-electron chi connectivity index (χ3n) is 3.80. The molecule has 2 aromatic rings. The first-order valence-corrected chi connectivity index (χ1v) is 6.97. The Balaban J connectivity index is 1.68. The zero-order chi connectivity index (χ0) is 13.1. The van der Waals surface area contributed by atoms with Crippen molar-refractivity contribution < 1.29 is 9.84 Å². The van der Waals surface area contributed by atoms with Crippen LogP contribution in [0.5, 0.6) is 0 Å². The summed E-state index contributed by atoms with van der Waals surface area (Å²) < 4.78 is 5.59. The van der Waals surface area contributed by atoms with E-state index in [0.717, 1.165) is 48.8 Å². The average molecular weight is 257 g/mol. The molecule has 2 heterocycles. The van der Waals surface area contributed by atoms with Crippen LogP contribution in [0, 0.1) is 0 Å². The lowest BCUT2D eigenvalue weighted by Gasteiger charge is -2.14. The molecule has 0 aliphatic carbocycles. The van der Waals surface area contributed by atoms with Gasteiger partial charge in [-0.1, -0.05) is 18.2 Å². The van der Waals surface area contributed by atoms with Crippen LogP contribution < -0.4 is 0 Å². The summed E-state index contributed by atoms with van der Waals surface area (Å²) in [4.78, 5) is 4.33. The maximum absolute atomic E-state index is 10.3. The molecule has 2 atom stereocenters. The number of aromatic nitrogens is 1. The molecule has 3 nitrogen and oxygen atoms in total. The minimum absolute atomic E-state index is 0.341. The number of aliphatic hydroxyl groups is 1. The predicted molar refractivity (Wildman–Crippen MR) is 74.9 cm³/mol. The topological polar surface area (TPSA) is 42.4 Å². The quantitative estimate of drug-likeness (QED) is 0.914. The Labute approximate surface area is 113 Å². The molecule has 1 saturated heterocycles. The third kappa shape index (κ3) is 2.94. The van der Waals surface area contributed by atoms with Crippen molar-refractivity contribution in [2.24, 2.45) is 0 Å². The second kappa shape index (κ2) is 5.68. The van der Waals surface area contributed by atoms with E-state index in [4.69, 9.17) is 4.74 Å². The van der Waals surface area contributed by atoms with Crippen molar-refractivity contribution >= 4 is 10.9 Å². The highest BCUT2D eigenvalue weighted by atomic mass is 16.5. The van der Waals surface area contributed by atoms with Crippen molar-refractivity contribution in [1.29, 1.82) is 0 Å². The van der Waals surface area contributed by atoms with Gasteiger partial charge < -0.3 is 9.84 Å². The molecule has 1 aromatic carbocycles. The van der Waals surface area contributed by atoms with Gasteiger partial charge in [0.1, 0.15) is 0 Å². The van der Waals surface area contributed by atoms with Gasteiger partial charge in [0.2, 0.25) is 0 Å². The fourth-order valence-corrected chi connectivity index (χ4v) is 2.67. The molecule has 0 spiro atoms. The summed E-state index contributed by atoms with van der Waals surface area (Å²) in [6.07, 6.45) is 5.67. The number of hydrogen-bond donors (Lipinski definition) is 1. The van der Waals surface area contributed by atoms with Gasteiger partial charge in [0.15, 0.2) is 0 Å². The van der Waals surface area contributed by atoms with Gasteiger partial charge >= 0.3 is 0 Å². The molecule has 0 bridgehead atoms. The lowest BCUT2D eigenvalue weighted by molar-refractivity contribution is 0.0812. The van der Waals surface area contributed by atoms with E-state index in [1.165, 1.54) is 0 Å². The van der Waals surface area contributed by atoms with Gasteiger partial charge in [0, 0.05) is 18.2 Å². The van der Waals surface area contributed by atoms with Gasteiger partial charge in [-0.25, -0.2) is 0 Å². The molecule has 1 N–H and O–H groups in total.